The van der Waals surface area contributed by atoms with Gasteiger partial charge < -0.3 is 9.88 Å². The molecule has 3 nitrogen and oxygen atoms in total. The SMILES string of the molecule is Cc1cccc(C(=O)N2CCCCC2c2cc3ccccc3[nH]2)c1. The molecular weight excluding hydrogens is 296 g/mol. The van der Waals surface area contributed by atoms with Crippen molar-refractivity contribution in [2.75, 3.05) is 6.54 Å². The minimum Gasteiger partial charge on any atom is -0.357 e. The number of nitrogens with one attached hydrogen (secondary N) is 1. The summed E-state index contributed by atoms with van der Waals surface area (Å²) in [6.07, 6.45) is 3.26. The first-order valence-corrected chi connectivity index (χ1v) is 8.68. The van der Waals surface area contributed by atoms with E-state index in [1.165, 1.54) is 5.39 Å². The van der Waals surface area contributed by atoms with Crippen molar-refractivity contribution in [1.82, 2.24) is 9.88 Å². The molecule has 0 saturated carbocycles. The average molecular weight is 318 g/mol. The molecule has 2 aromatic carbocycles. The quantitative estimate of drug-likeness (QED) is 0.721. The summed E-state index contributed by atoms with van der Waals surface area (Å²) in [5, 5.41) is 1.21. The van der Waals surface area contributed by atoms with Gasteiger partial charge in [-0.2, -0.15) is 0 Å². The van der Waals surface area contributed by atoms with Crippen molar-refractivity contribution in [1.29, 1.82) is 0 Å². The molecule has 122 valence electrons. The van der Waals surface area contributed by atoms with Crippen LogP contribution in [0.25, 0.3) is 10.9 Å². The number of para-hydroxylation sites is 1. The Bertz CT molecular complexity index is 847. The lowest BCUT2D eigenvalue weighted by Crippen LogP contribution is -2.38. The van der Waals surface area contributed by atoms with E-state index in [9.17, 15) is 4.79 Å². The maximum absolute atomic E-state index is 13.1. The maximum Gasteiger partial charge on any atom is 0.254 e. The highest BCUT2D eigenvalue weighted by Gasteiger charge is 2.29. The highest BCUT2D eigenvalue weighted by atomic mass is 16.2. The van der Waals surface area contributed by atoms with Crippen LogP contribution in [0.5, 0.6) is 0 Å². The van der Waals surface area contributed by atoms with Crippen molar-refractivity contribution in [3.63, 3.8) is 0 Å². The lowest BCUT2D eigenvalue weighted by molar-refractivity contribution is 0.0607. The fraction of sp³-hybridized carbons (Fsp3) is 0.286. The van der Waals surface area contributed by atoms with Gasteiger partial charge in [0.2, 0.25) is 0 Å². The highest BCUT2D eigenvalue weighted by molar-refractivity contribution is 5.95. The standard InChI is InChI=1S/C21H22N2O/c1-15-7-6-9-17(13-15)21(24)23-12-5-4-11-20(23)19-14-16-8-2-3-10-18(16)22-19/h2-3,6-10,13-14,20,22H,4-5,11-12H2,1H3. The number of rotatable bonds is 2. The molecule has 0 aliphatic carbocycles. The smallest absolute Gasteiger partial charge is 0.254 e. The fourth-order valence-corrected chi connectivity index (χ4v) is 3.72. The number of aromatic nitrogens is 1. The first kappa shape index (κ1) is 15.0. The number of likely N-dealkylation sites (tertiary alicyclic amines) is 1. The van der Waals surface area contributed by atoms with Gasteiger partial charge in [-0.25, -0.2) is 0 Å². The lowest BCUT2D eigenvalue weighted by atomic mass is 9.98. The number of piperidine rings is 1. The van der Waals surface area contributed by atoms with E-state index in [1.54, 1.807) is 0 Å². The molecule has 0 spiro atoms. The molecule has 1 aliphatic rings. The monoisotopic (exact) mass is 318 g/mol. The third kappa shape index (κ3) is 2.71. The summed E-state index contributed by atoms with van der Waals surface area (Å²) >= 11 is 0. The van der Waals surface area contributed by atoms with Gasteiger partial charge in [0.25, 0.3) is 5.91 Å². The highest BCUT2D eigenvalue weighted by Crippen LogP contribution is 2.33. The van der Waals surface area contributed by atoms with Crippen LogP contribution in [-0.4, -0.2) is 22.3 Å². The fourth-order valence-electron chi connectivity index (χ4n) is 3.72. The van der Waals surface area contributed by atoms with E-state index in [4.69, 9.17) is 0 Å². The third-order valence-electron chi connectivity index (χ3n) is 4.94. The van der Waals surface area contributed by atoms with Gasteiger partial charge in [-0.05, 0) is 55.8 Å². The summed E-state index contributed by atoms with van der Waals surface area (Å²) in [4.78, 5) is 18.6. The number of amides is 1. The molecule has 3 aromatic rings. The number of aromatic amines is 1. The summed E-state index contributed by atoms with van der Waals surface area (Å²) in [6, 6.07) is 18.5. The predicted octanol–water partition coefficient (Wildman–Crippen LogP) is 4.84. The van der Waals surface area contributed by atoms with E-state index in [-0.39, 0.29) is 11.9 Å². The van der Waals surface area contributed by atoms with Gasteiger partial charge in [-0.1, -0.05) is 35.9 Å². The van der Waals surface area contributed by atoms with Crippen molar-refractivity contribution in [2.24, 2.45) is 0 Å². The Kier molecular flexibility index (Phi) is 3.85. The van der Waals surface area contributed by atoms with Gasteiger partial charge in [0.15, 0.2) is 0 Å². The normalized spacial score (nSPS) is 18.0. The molecule has 1 atom stereocenters. The van der Waals surface area contributed by atoms with E-state index < -0.39 is 0 Å². The number of nitrogens with zero attached hydrogens (tertiary/aromatic N) is 1. The van der Waals surface area contributed by atoms with Crippen molar-refractivity contribution in [3.8, 4) is 0 Å². The second kappa shape index (κ2) is 6.16. The molecule has 1 amide bonds. The van der Waals surface area contributed by atoms with E-state index in [1.807, 2.05) is 42.2 Å². The summed E-state index contributed by atoms with van der Waals surface area (Å²) in [5.74, 6) is 0.141. The number of H-pyrrole nitrogens is 1. The van der Waals surface area contributed by atoms with Gasteiger partial charge in [0, 0.05) is 23.3 Å². The zero-order valence-corrected chi connectivity index (χ0v) is 14.0. The lowest BCUT2D eigenvalue weighted by Gasteiger charge is -2.35. The van der Waals surface area contributed by atoms with Gasteiger partial charge >= 0.3 is 0 Å². The summed E-state index contributed by atoms with van der Waals surface area (Å²) in [5.41, 5.74) is 4.20. The third-order valence-corrected chi connectivity index (χ3v) is 4.94. The maximum atomic E-state index is 13.1. The molecular formula is C21H22N2O. The Labute approximate surface area is 142 Å². The number of aryl methyl sites for hydroxylation is 1. The second-order valence-corrected chi connectivity index (χ2v) is 6.69. The Morgan fingerprint density at radius 1 is 1.08 bits per heavy atom. The van der Waals surface area contributed by atoms with Crippen LogP contribution in [0, 0.1) is 6.92 Å². The predicted molar refractivity (Wildman–Crippen MR) is 97.1 cm³/mol. The van der Waals surface area contributed by atoms with Crippen molar-refractivity contribution >= 4 is 16.8 Å². The van der Waals surface area contributed by atoms with E-state index in [2.05, 4.69) is 29.2 Å². The van der Waals surface area contributed by atoms with Crippen molar-refractivity contribution in [2.45, 2.75) is 32.2 Å². The van der Waals surface area contributed by atoms with Crippen LogP contribution in [0.1, 0.15) is 46.9 Å². The zero-order chi connectivity index (χ0) is 16.5. The van der Waals surface area contributed by atoms with Crippen LogP contribution in [0.15, 0.2) is 54.6 Å². The minimum atomic E-state index is 0.138. The zero-order valence-electron chi connectivity index (χ0n) is 14.0. The number of hydrogen-bond donors (Lipinski definition) is 1. The van der Waals surface area contributed by atoms with Crippen LogP contribution < -0.4 is 0 Å². The number of carbonyl (C=O) groups is 1. The molecule has 1 fully saturated rings. The van der Waals surface area contributed by atoms with Gasteiger partial charge in [0.1, 0.15) is 0 Å². The molecule has 0 bridgehead atoms. The van der Waals surface area contributed by atoms with E-state index in [0.717, 1.165) is 48.1 Å². The minimum absolute atomic E-state index is 0.138. The number of fused-ring (bicyclic) bond motifs is 1. The van der Waals surface area contributed by atoms with Gasteiger partial charge in [-0.15, -0.1) is 0 Å². The molecule has 3 heteroatoms. The van der Waals surface area contributed by atoms with Gasteiger partial charge in [-0.3, -0.25) is 4.79 Å². The van der Waals surface area contributed by atoms with Gasteiger partial charge in [0.05, 0.1) is 6.04 Å². The molecule has 0 radical (unpaired) electrons. The molecule has 1 aliphatic heterocycles. The van der Waals surface area contributed by atoms with Crippen LogP contribution in [0.3, 0.4) is 0 Å². The molecule has 24 heavy (non-hydrogen) atoms. The Hall–Kier alpha value is -2.55. The van der Waals surface area contributed by atoms with E-state index >= 15 is 0 Å². The Balaban J connectivity index is 1.69. The number of benzene rings is 2. The van der Waals surface area contributed by atoms with E-state index in [0.29, 0.717) is 0 Å². The number of carbonyl (C=O) groups excluding carboxylic acids is 1. The summed E-state index contributed by atoms with van der Waals surface area (Å²) in [6.45, 7) is 2.86. The van der Waals surface area contributed by atoms with Crippen molar-refractivity contribution in [3.05, 3.63) is 71.4 Å². The largest absolute Gasteiger partial charge is 0.357 e. The van der Waals surface area contributed by atoms with Crippen molar-refractivity contribution < 1.29 is 4.79 Å². The van der Waals surface area contributed by atoms with Crippen LogP contribution in [0.4, 0.5) is 0 Å². The first-order valence-electron chi connectivity index (χ1n) is 8.68. The van der Waals surface area contributed by atoms with Crippen LogP contribution >= 0.6 is 0 Å². The molecule has 4 rings (SSSR count). The average Bonchev–Trinajstić information content (AvgIpc) is 3.05. The van der Waals surface area contributed by atoms with Crippen LogP contribution in [0.2, 0.25) is 0 Å². The second-order valence-electron chi connectivity index (χ2n) is 6.69. The summed E-state index contributed by atoms with van der Waals surface area (Å²) < 4.78 is 0. The number of hydrogen-bond acceptors (Lipinski definition) is 1. The molecule has 2 heterocycles. The summed E-state index contributed by atoms with van der Waals surface area (Å²) in [7, 11) is 0. The first-order chi connectivity index (χ1) is 11.7. The topological polar surface area (TPSA) is 36.1 Å². The molecule has 1 aromatic heterocycles. The Morgan fingerprint density at radius 3 is 2.79 bits per heavy atom. The molecule has 1 N–H and O–H groups in total. The Morgan fingerprint density at radius 2 is 1.96 bits per heavy atom. The molecule has 1 unspecified atom stereocenters. The molecule has 1 saturated heterocycles. The van der Waals surface area contributed by atoms with Crippen LogP contribution in [-0.2, 0) is 0 Å².